The van der Waals surface area contributed by atoms with Crippen molar-refractivity contribution in [2.75, 3.05) is 33.7 Å². The number of amidine groups is 1. The molecule has 0 aromatic heterocycles. The lowest BCUT2D eigenvalue weighted by atomic mass is 9.86. The molecule has 0 heterocycles. The number of nitrogens with one attached hydrogen (secondary N) is 1. The number of unbranched alkanes of at least 4 members (excludes halogenated alkanes) is 1. The van der Waals surface area contributed by atoms with Gasteiger partial charge in [0.1, 0.15) is 5.84 Å². The lowest BCUT2D eigenvalue weighted by Crippen LogP contribution is -2.32. The molecule has 4 N–H and O–H groups in total. The van der Waals surface area contributed by atoms with Crippen molar-refractivity contribution in [2.24, 2.45) is 16.3 Å². The predicted molar refractivity (Wildman–Crippen MR) is 77.1 cm³/mol. The highest BCUT2D eigenvalue weighted by molar-refractivity contribution is 5.85. The van der Waals surface area contributed by atoms with E-state index in [1.165, 1.54) is 6.42 Å². The molecule has 0 aromatic rings. The third-order valence-corrected chi connectivity index (χ3v) is 3.17. The van der Waals surface area contributed by atoms with Crippen LogP contribution in [0.5, 0.6) is 0 Å². The number of oxime groups is 1. The Kier molecular flexibility index (Phi) is 8.75. The van der Waals surface area contributed by atoms with Gasteiger partial charge < -0.3 is 21.2 Å². The van der Waals surface area contributed by atoms with Crippen molar-refractivity contribution >= 4 is 5.84 Å². The summed E-state index contributed by atoms with van der Waals surface area (Å²) in [6, 6.07) is 0. The van der Waals surface area contributed by atoms with Gasteiger partial charge in [-0.05, 0) is 53.0 Å². The first kappa shape index (κ1) is 17.2. The molecule has 0 bridgehead atoms. The fourth-order valence-corrected chi connectivity index (χ4v) is 1.73. The van der Waals surface area contributed by atoms with Gasteiger partial charge in [-0.2, -0.15) is 0 Å². The highest BCUT2D eigenvalue weighted by Crippen LogP contribution is 2.22. The Hall–Kier alpha value is -0.810. The Bertz CT molecular complexity index is 239. The van der Waals surface area contributed by atoms with E-state index >= 15 is 0 Å². The first-order chi connectivity index (χ1) is 8.40. The first-order valence-corrected chi connectivity index (χ1v) is 6.73. The second-order valence-electron chi connectivity index (χ2n) is 5.73. The van der Waals surface area contributed by atoms with Crippen LogP contribution in [0.1, 0.15) is 39.5 Å². The van der Waals surface area contributed by atoms with Gasteiger partial charge in [-0.15, -0.1) is 0 Å². The van der Waals surface area contributed by atoms with E-state index in [2.05, 4.69) is 29.5 Å². The fraction of sp³-hybridized carbons (Fsp3) is 0.923. The molecule has 0 saturated heterocycles. The molecule has 0 spiro atoms. The molecule has 108 valence electrons. The molecule has 0 atom stereocenters. The van der Waals surface area contributed by atoms with E-state index in [0.717, 1.165) is 38.9 Å². The molecule has 0 aliphatic rings. The normalized spacial score (nSPS) is 13.3. The van der Waals surface area contributed by atoms with Gasteiger partial charge in [0.05, 0.1) is 0 Å². The van der Waals surface area contributed by atoms with Crippen molar-refractivity contribution in [1.82, 2.24) is 10.2 Å². The largest absolute Gasteiger partial charge is 0.409 e. The zero-order chi connectivity index (χ0) is 14.0. The maximum absolute atomic E-state index is 8.66. The second-order valence-corrected chi connectivity index (χ2v) is 5.73. The number of hydrogen-bond donors (Lipinski definition) is 3. The average molecular weight is 258 g/mol. The minimum Gasteiger partial charge on any atom is -0.409 e. The van der Waals surface area contributed by atoms with E-state index in [4.69, 9.17) is 10.9 Å². The first-order valence-electron chi connectivity index (χ1n) is 6.73. The average Bonchev–Trinajstić information content (AvgIpc) is 2.30. The minimum absolute atomic E-state index is 0.209. The van der Waals surface area contributed by atoms with Crippen molar-refractivity contribution in [2.45, 2.75) is 39.5 Å². The zero-order valence-corrected chi connectivity index (χ0v) is 12.4. The van der Waals surface area contributed by atoms with E-state index in [1.54, 1.807) is 0 Å². The Labute approximate surface area is 111 Å². The van der Waals surface area contributed by atoms with Crippen molar-refractivity contribution < 1.29 is 5.21 Å². The monoisotopic (exact) mass is 258 g/mol. The zero-order valence-electron chi connectivity index (χ0n) is 12.4. The number of hydrogen-bond acceptors (Lipinski definition) is 4. The molecule has 0 amide bonds. The van der Waals surface area contributed by atoms with E-state index < -0.39 is 0 Å². The second kappa shape index (κ2) is 9.16. The Balaban J connectivity index is 3.46. The van der Waals surface area contributed by atoms with Crippen LogP contribution in [0.2, 0.25) is 0 Å². The Morgan fingerprint density at radius 2 is 1.83 bits per heavy atom. The van der Waals surface area contributed by atoms with Gasteiger partial charge in [0.15, 0.2) is 0 Å². The van der Waals surface area contributed by atoms with Crippen LogP contribution in [0.4, 0.5) is 0 Å². The minimum atomic E-state index is -0.209. The van der Waals surface area contributed by atoms with Gasteiger partial charge in [-0.1, -0.05) is 25.4 Å². The van der Waals surface area contributed by atoms with Crippen LogP contribution in [0.3, 0.4) is 0 Å². The lowest BCUT2D eigenvalue weighted by molar-refractivity contribution is 0.304. The van der Waals surface area contributed by atoms with E-state index in [-0.39, 0.29) is 5.41 Å². The summed E-state index contributed by atoms with van der Waals surface area (Å²) in [5.74, 6) is 0.321. The van der Waals surface area contributed by atoms with Crippen LogP contribution in [-0.2, 0) is 0 Å². The summed E-state index contributed by atoms with van der Waals surface area (Å²) < 4.78 is 0. The molecule has 0 saturated carbocycles. The van der Waals surface area contributed by atoms with Gasteiger partial charge in [-0.3, -0.25) is 0 Å². The summed E-state index contributed by atoms with van der Waals surface area (Å²) in [6.07, 6.45) is 4.35. The highest BCUT2D eigenvalue weighted by Gasteiger charge is 2.22. The highest BCUT2D eigenvalue weighted by atomic mass is 16.4. The SMILES string of the molecule is CN(C)CCCNCCCCC(C)(C)C(N)=NO. The molecule has 0 unspecified atom stereocenters. The molecule has 5 nitrogen and oxygen atoms in total. The van der Waals surface area contributed by atoms with Crippen LogP contribution in [0.25, 0.3) is 0 Å². The summed E-state index contributed by atoms with van der Waals surface area (Å²) in [6.45, 7) is 7.25. The van der Waals surface area contributed by atoms with Gasteiger partial charge in [0.25, 0.3) is 0 Å². The van der Waals surface area contributed by atoms with Crippen molar-refractivity contribution in [3.05, 3.63) is 0 Å². The molecule has 0 rings (SSSR count). The molecule has 0 aliphatic carbocycles. The van der Waals surface area contributed by atoms with Crippen LogP contribution in [0.15, 0.2) is 5.16 Å². The van der Waals surface area contributed by atoms with Gasteiger partial charge in [0, 0.05) is 5.41 Å². The molecular formula is C13H30N4O. The topological polar surface area (TPSA) is 73.9 Å². The number of nitrogens with two attached hydrogens (primary N) is 1. The van der Waals surface area contributed by atoms with E-state index in [0.29, 0.717) is 5.84 Å². The Morgan fingerprint density at radius 3 is 2.39 bits per heavy atom. The lowest BCUT2D eigenvalue weighted by Gasteiger charge is -2.22. The van der Waals surface area contributed by atoms with E-state index in [1.807, 2.05) is 13.8 Å². The smallest absolute Gasteiger partial charge is 0.144 e. The van der Waals surface area contributed by atoms with Crippen molar-refractivity contribution in [1.29, 1.82) is 0 Å². The summed E-state index contributed by atoms with van der Waals surface area (Å²) in [5.41, 5.74) is 5.43. The van der Waals surface area contributed by atoms with Crippen molar-refractivity contribution in [3.8, 4) is 0 Å². The molecule has 0 radical (unpaired) electrons. The maximum Gasteiger partial charge on any atom is 0.144 e. The van der Waals surface area contributed by atoms with Crippen LogP contribution in [0, 0.1) is 5.41 Å². The van der Waals surface area contributed by atoms with Gasteiger partial charge in [0.2, 0.25) is 0 Å². The summed E-state index contributed by atoms with van der Waals surface area (Å²) >= 11 is 0. The Morgan fingerprint density at radius 1 is 1.22 bits per heavy atom. The van der Waals surface area contributed by atoms with Crippen LogP contribution in [-0.4, -0.2) is 49.7 Å². The fourth-order valence-electron chi connectivity index (χ4n) is 1.73. The standard InChI is InChI=1S/C13H30N4O/c1-13(2,12(14)16-18)8-5-6-9-15-10-7-11-17(3)4/h15,18H,5-11H2,1-4H3,(H2,14,16). The molecular weight excluding hydrogens is 228 g/mol. The van der Waals surface area contributed by atoms with Gasteiger partial charge >= 0.3 is 0 Å². The predicted octanol–water partition coefficient (Wildman–Crippen LogP) is 1.47. The maximum atomic E-state index is 8.66. The molecule has 0 aromatic carbocycles. The van der Waals surface area contributed by atoms with Gasteiger partial charge in [-0.25, -0.2) is 0 Å². The van der Waals surface area contributed by atoms with Crippen molar-refractivity contribution in [3.63, 3.8) is 0 Å². The quantitative estimate of drug-likeness (QED) is 0.182. The third-order valence-electron chi connectivity index (χ3n) is 3.17. The molecule has 0 aliphatic heterocycles. The summed E-state index contributed by atoms with van der Waals surface area (Å²) in [4.78, 5) is 2.20. The summed E-state index contributed by atoms with van der Waals surface area (Å²) in [5, 5.41) is 15.2. The van der Waals surface area contributed by atoms with Crippen LogP contribution >= 0.6 is 0 Å². The number of nitrogens with zero attached hydrogens (tertiary/aromatic N) is 2. The number of rotatable bonds is 10. The third kappa shape index (κ3) is 8.31. The molecule has 18 heavy (non-hydrogen) atoms. The summed E-state index contributed by atoms with van der Waals surface area (Å²) in [7, 11) is 4.18. The van der Waals surface area contributed by atoms with E-state index in [9.17, 15) is 0 Å². The molecule has 0 fully saturated rings. The van der Waals surface area contributed by atoms with Crippen LogP contribution < -0.4 is 11.1 Å². The molecule has 5 heteroatoms.